The Morgan fingerprint density at radius 2 is 2.28 bits per heavy atom. The third-order valence-corrected chi connectivity index (χ3v) is 2.88. The Labute approximate surface area is 106 Å². The quantitative estimate of drug-likeness (QED) is 0.855. The lowest BCUT2D eigenvalue weighted by Gasteiger charge is -2.14. The molecule has 0 saturated heterocycles. The van der Waals surface area contributed by atoms with Crippen LogP contribution in [0.1, 0.15) is 24.5 Å². The SMILES string of the molecule is CCC(CN)C(=O)Nc1cc(C#N)cc(F)c1C. The molecule has 0 aliphatic carbocycles. The van der Waals surface area contributed by atoms with Crippen molar-refractivity contribution in [3.63, 3.8) is 0 Å². The van der Waals surface area contributed by atoms with Crippen molar-refractivity contribution in [2.75, 3.05) is 11.9 Å². The fourth-order valence-corrected chi connectivity index (χ4v) is 1.57. The van der Waals surface area contributed by atoms with Gasteiger partial charge in [0.05, 0.1) is 17.6 Å². The number of nitrogens with two attached hydrogens (primary N) is 1. The Kier molecular flexibility index (Phi) is 4.81. The first-order chi connectivity index (χ1) is 8.53. The van der Waals surface area contributed by atoms with E-state index < -0.39 is 5.82 Å². The van der Waals surface area contributed by atoms with Crippen LogP contribution in [0.2, 0.25) is 0 Å². The molecule has 4 nitrogen and oxygen atoms in total. The van der Waals surface area contributed by atoms with Gasteiger partial charge in [-0.1, -0.05) is 6.92 Å². The molecule has 1 rings (SSSR count). The van der Waals surface area contributed by atoms with Gasteiger partial charge in [0.1, 0.15) is 5.82 Å². The van der Waals surface area contributed by atoms with E-state index >= 15 is 0 Å². The second-order valence-corrected chi connectivity index (χ2v) is 4.07. The minimum atomic E-state index is -0.509. The molecule has 0 spiro atoms. The van der Waals surface area contributed by atoms with Crippen molar-refractivity contribution in [2.24, 2.45) is 11.7 Å². The number of hydrogen-bond donors (Lipinski definition) is 2. The lowest BCUT2D eigenvalue weighted by Crippen LogP contribution is -2.29. The van der Waals surface area contributed by atoms with Crippen molar-refractivity contribution >= 4 is 11.6 Å². The van der Waals surface area contributed by atoms with E-state index in [1.165, 1.54) is 6.07 Å². The average molecular weight is 249 g/mol. The lowest BCUT2D eigenvalue weighted by atomic mass is 10.0. The Hall–Kier alpha value is -1.93. The van der Waals surface area contributed by atoms with Gasteiger partial charge in [-0.05, 0) is 25.5 Å². The number of nitrogens with one attached hydrogen (secondary N) is 1. The lowest BCUT2D eigenvalue weighted by molar-refractivity contribution is -0.119. The molecule has 0 saturated carbocycles. The van der Waals surface area contributed by atoms with Crippen LogP contribution in [0.4, 0.5) is 10.1 Å². The van der Waals surface area contributed by atoms with Crippen molar-refractivity contribution in [1.29, 1.82) is 5.26 Å². The van der Waals surface area contributed by atoms with Crippen LogP contribution in [0.25, 0.3) is 0 Å². The largest absolute Gasteiger partial charge is 0.330 e. The molecule has 1 unspecified atom stereocenters. The predicted octanol–water partition coefficient (Wildman–Crippen LogP) is 1.93. The van der Waals surface area contributed by atoms with Crippen molar-refractivity contribution in [2.45, 2.75) is 20.3 Å². The smallest absolute Gasteiger partial charge is 0.228 e. The van der Waals surface area contributed by atoms with Gasteiger partial charge in [0.25, 0.3) is 0 Å². The van der Waals surface area contributed by atoms with Crippen LogP contribution in [0.15, 0.2) is 12.1 Å². The molecule has 96 valence electrons. The van der Waals surface area contributed by atoms with Gasteiger partial charge in [-0.3, -0.25) is 4.79 Å². The highest BCUT2D eigenvalue weighted by Gasteiger charge is 2.16. The first-order valence-corrected chi connectivity index (χ1v) is 5.74. The van der Waals surface area contributed by atoms with Crippen LogP contribution >= 0.6 is 0 Å². The summed E-state index contributed by atoms with van der Waals surface area (Å²) >= 11 is 0. The second-order valence-electron chi connectivity index (χ2n) is 4.07. The molecule has 0 fully saturated rings. The van der Waals surface area contributed by atoms with E-state index in [-0.39, 0.29) is 23.9 Å². The highest BCUT2D eigenvalue weighted by atomic mass is 19.1. The zero-order chi connectivity index (χ0) is 13.7. The maximum Gasteiger partial charge on any atom is 0.228 e. The van der Waals surface area contributed by atoms with E-state index in [2.05, 4.69) is 5.32 Å². The summed E-state index contributed by atoms with van der Waals surface area (Å²) in [5, 5.41) is 11.4. The maximum absolute atomic E-state index is 13.5. The zero-order valence-electron chi connectivity index (χ0n) is 10.5. The van der Waals surface area contributed by atoms with Gasteiger partial charge < -0.3 is 11.1 Å². The van der Waals surface area contributed by atoms with E-state index in [1.807, 2.05) is 13.0 Å². The van der Waals surface area contributed by atoms with E-state index in [0.717, 1.165) is 6.07 Å². The number of benzene rings is 1. The number of rotatable bonds is 4. The highest BCUT2D eigenvalue weighted by Crippen LogP contribution is 2.21. The van der Waals surface area contributed by atoms with Gasteiger partial charge in [0, 0.05) is 17.8 Å². The van der Waals surface area contributed by atoms with E-state index in [4.69, 9.17) is 11.0 Å². The number of carbonyl (C=O) groups is 1. The summed E-state index contributed by atoms with van der Waals surface area (Å²) in [6.07, 6.45) is 0.613. The molecule has 1 aromatic carbocycles. The van der Waals surface area contributed by atoms with Gasteiger partial charge in [-0.2, -0.15) is 5.26 Å². The Morgan fingerprint density at radius 3 is 2.78 bits per heavy atom. The number of amides is 1. The van der Waals surface area contributed by atoms with Crippen LogP contribution in [-0.2, 0) is 4.79 Å². The van der Waals surface area contributed by atoms with Crippen molar-refractivity contribution in [1.82, 2.24) is 0 Å². The topological polar surface area (TPSA) is 78.9 Å². The van der Waals surface area contributed by atoms with Crippen LogP contribution < -0.4 is 11.1 Å². The summed E-state index contributed by atoms with van der Waals surface area (Å²) in [7, 11) is 0. The summed E-state index contributed by atoms with van der Waals surface area (Å²) in [5.74, 6) is -1.07. The van der Waals surface area contributed by atoms with Gasteiger partial charge in [0.2, 0.25) is 5.91 Å². The molecule has 0 aromatic heterocycles. The van der Waals surface area contributed by atoms with Gasteiger partial charge >= 0.3 is 0 Å². The molecule has 1 atom stereocenters. The zero-order valence-corrected chi connectivity index (χ0v) is 10.5. The molecule has 0 heterocycles. The molecule has 5 heteroatoms. The molecule has 3 N–H and O–H groups in total. The maximum atomic E-state index is 13.5. The van der Waals surface area contributed by atoms with Crippen molar-refractivity contribution in [3.8, 4) is 6.07 Å². The molecular weight excluding hydrogens is 233 g/mol. The third-order valence-electron chi connectivity index (χ3n) is 2.88. The van der Waals surface area contributed by atoms with E-state index in [1.54, 1.807) is 6.92 Å². The molecule has 1 amide bonds. The summed E-state index contributed by atoms with van der Waals surface area (Å²) in [6.45, 7) is 3.65. The van der Waals surface area contributed by atoms with Crippen LogP contribution in [0, 0.1) is 30.0 Å². The van der Waals surface area contributed by atoms with Gasteiger partial charge in [-0.25, -0.2) is 4.39 Å². The van der Waals surface area contributed by atoms with Crippen LogP contribution in [0.5, 0.6) is 0 Å². The third kappa shape index (κ3) is 3.05. The Balaban J connectivity index is 3.01. The fourth-order valence-electron chi connectivity index (χ4n) is 1.57. The summed E-state index contributed by atoms with van der Waals surface area (Å²) in [6, 6.07) is 4.45. The summed E-state index contributed by atoms with van der Waals surface area (Å²) in [4.78, 5) is 11.8. The van der Waals surface area contributed by atoms with Crippen LogP contribution in [0.3, 0.4) is 0 Å². The molecule has 0 aliphatic rings. The highest BCUT2D eigenvalue weighted by molar-refractivity contribution is 5.93. The van der Waals surface area contributed by atoms with Crippen LogP contribution in [-0.4, -0.2) is 12.5 Å². The molecule has 18 heavy (non-hydrogen) atoms. The second kappa shape index (κ2) is 6.12. The van der Waals surface area contributed by atoms with Gasteiger partial charge in [-0.15, -0.1) is 0 Å². The van der Waals surface area contributed by atoms with E-state index in [0.29, 0.717) is 17.7 Å². The normalized spacial score (nSPS) is 11.7. The number of nitrogens with zero attached hydrogens (tertiary/aromatic N) is 1. The molecular formula is C13H16FN3O. The average Bonchev–Trinajstić information content (AvgIpc) is 2.36. The monoisotopic (exact) mass is 249 g/mol. The Morgan fingerprint density at radius 1 is 1.61 bits per heavy atom. The predicted molar refractivity (Wildman–Crippen MR) is 67.3 cm³/mol. The number of halogens is 1. The number of hydrogen-bond acceptors (Lipinski definition) is 3. The standard InChI is InChI=1S/C13H16FN3O/c1-3-10(7-16)13(18)17-12-5-9(6-15)4-11(14)8(12)2/h4-5,10H,3,7,16H2,1-2H3,(H,17,18). The first-order valence-electron chi connectivity index (χ1n) is 5.74. The minimum Gasteiger partial charge on any atom is -0.330 e. The molecule has 0 radical (unpaired) electrons. The fraction of sp³-hybridized carbons (Fsp3) is 0.385. The molecule has 0 aliphatic heterocycles. The van der Waals surface area contributed by atoms with Crippen molar-refractivity contribution < 1.29 is 9.18 Å². The van der Waals surface area contributed by atoms with E-state index in [9.17, 15) is 9.18 Å². The number of carbonyl (C=O) groups excluding carboxylic acids is 1. The van der Waals surface area contributed by atoms with Crippen molar-refractivity contribution in [3.05, 3.63) is 29.1 Å². The molecule has 1 aromatic rings. The minimum absolute atomic E-state index is 0.175. The Bertz CT molecular complexity index is 490. The summed E-state index contributed by atoms with van der Waals surface area (Å²) in [5.41, 5.74) is 6.29. The van der Waals surface area contributed by atoms with Gasteiger partial charge in [0.15, 0.2) is 0 Å². The summed E-state index contributed by atoms with van der Waals surface area (Å²) < 4.78 is 13.5. The first kappa shape index (κ1) is 14.1. The number of nitriles is 1. The molecule has 0 bridgehead atoms. The number of anilines is 1.